The van der Waals surface area contributed by atoms with Crippen molar-refractivity contribution in [3.05, 3.63) is 104 Å². The Kier molecular flexibility index (Phi) is 5.96. The van der Waals surface area contributed by atoms with Crippen LogP contribution in [-0.4, -0.2) is 21.6 Å². The maximum absolute atomic E-state index is 12.7. The first-order chi connectivity index (χ1) is 15.4. The van der Waals surface area contributed by atoms with E-state index in [1.807, 2.05) is 73.0 Å². The van der Waals surface area contributed by atoms with E-state index in [0.717, 1.165) is 16.7 Å². The summed E-state index contributed by atoms with van der Waals surface area (Å²) in [6.45, 7) is 3.72. The van der Waals surface area contributed by atoms with Crippen molar-refractivity contribution in [3.8, 4) is 16.8 Å². The van der Waals surface area contributed by atoms with E-state index in [4.69, 9.17) is 0 Å². The number of thiophene rings is 1. The number of para-hydroxylation sites is 1. The Balaban J connectivity index is 1.53. The Bertz CT molecular complexity index is 1340. The van der Waals surface area contributed by atoms with Crippen molar-refractivity contribution in [2.45, 2.75) is 13.8 Å². The molecule has 160 valence electrons. The second kappa shape index (κ2) is 8.99. The topological polar surface area (TPSA) is 93.1 Å². The number of carbonyl (C=O) groups is 2. The van der Waals surface area contributed by atoms with Crippen LogP contribution in [0.2, 0.25) is 0 Å². The highest BCUT2D eigenvalue weighted by Crippen LogP contribution is 2.28. The van der Waals surface area contributed by atoms with E-state index >= 15 is 0 Å². The van der Waals surface area contributed by atoms with E-state index in [0.29, 0.717) is 16.3 Å². The number of aryl methyl sites for hydroxylation is 2. The van der Waals surface area contributed by atoms with Gasteiger partial charge in [0, 0.05) is 17.3 Å². The van der Waals surface area contributed by atoms with Gasteiger partial charge in [-0.3, -0.25) is 25.2 Å². The number of hydrazine groups is 1. The van der Waals surface area contributed by atoms with E-state index in [1.54, 1.807) is 6.92 Å². The lowest BCUT2D eigenvalue weighted by Gasteiger charge is -2.12. The van der Waals surface area contributed by atoms with Gasteiger partial charge >= 0.3 is 0 Å². The lowest BCUT2D eigenvalue weighted by molar-refractivity contribution is 0.0844. The van der Waals surface area contributed by atoms with Gasteiger partial charge in [0.2, 0.25) is 5.43 Å². The Morgan fingerprint density at radius 2 is 1.59 bits per heavy atom. The zero-order chi connectivity index (χ0) is 22.7. The number of benzene rings is 2. The van der Waals surface area contributed by atoms with Crippen LogP contribution < -0.4 is 16.3 Å². The van der Waals surface area contributed by atoms with Crippen LogP contribution in [0.15, 0.2) is 76.9 Å². The molecule has 8 heteroatoms. The molecular formula is C24H20N4O3S. The number of nitrogens with one attached hydrogen (secondary N) is 2. The summed E-state index contributed by atoms with van der Waals surface area (Å²) in [4.78, 5) is 38.1. The molecule has 0 bridgehead atoms. The summed E-state index contributed by atoms with van der Waals surface area (Å²) in [6, 6.07) is 20.2. The lowest BCUT2D eigenvalue weighted by atomic mass is 10.1. The van der Waals surface area contributed by atoms with Gasteiger partial charge < -0.3 is 0 Å². The monoisotopic (exact) mass is 444 g/mol. The minimum Gasteiger partial charge on any atom is -0.287 e. The highest BCUT2D eigenvalue weighted by Gasteiger charge is 2.19. The molecule has 2 amide bonds. The number of amides is 2. The molecule has 0 aliphatic rings. The van der Waals surface area contributed by atoms with Crippen molar-refractivity contribution >= 4 is 23.2 Å². The third-order valence-electron chi connectivity index (χ3n) is 4.85. The van der Waals surface area contributed by atoms with Gasteiger partial charge in [0.25, 0.3) is 11.8 Å². The Morgan fingerprint density at radius 1 is 0.906 bits per heavy atom. The SMILES string of the molecule is Cc1ccc(-c2ccsc2C(=O)NNC(=O)c2nn(-c3ccccc3)c(C)cc2=O)cc1. The molecule has 4 rings (SSSR count). The molecule has 32 heavy (non-hydrogen) atoms. The maximum Gasteiger partial charge on any atom is 0.294 e. The minimum atomic E-state index is -0.790. The summed E-state index contributed by atoms with van der Waals surface area (Å²) in [7, 11) is 0. The average molecular weight is 445 g/mol. The van der Waals surface area contributed by atoms with Crippen molar-refractivity contribution in [3.63, 3.8) is 0 Å². The fraction of sp³-hybridized carbons (Fsp3) is 0.0833. The molecule has 0 spiro atoms. The van der Waals surface area contributed by atoms with Crippen LogP contribution in [0, 0.1) is 13.8 Å². The molecule has 2 aromatic heterocycles. The molecule has 0 aliphatic carbocycles. The smallest absolute Gasteiger partial charge is 0.287 e. The first-order valence-electron chi connectivity index (χ1n) is 9.85. The molecule has 0 unspecified atom stereocenters. The second-order valence-electron chi connectivity index (χ2n) is 7.18. The Labute approximate surface area is 188 Å². The summed E-state index contributed by atoms with van der Waals surface area (Å²) in [6.07, 6.45) is 0. The van der Waals surface area contributed by atoms with Gasteiger partial charge in [-0.2, -0.15) is 5.10 Å². The summed E-state index contributed by atoms with van der Waals surface area (Å²) in [5.74, 6) is -1.26. The van der Waals surface area contributed by atoms with Crippen LogP contribution in [0.1, 0.15) is 31.4 Å². The molecular weight excluding hydrogens is 424 g/mol. The summed E-state index contributed by atoms with van der Waals surface area (Å²) in [5.41, 5.74) is 7.94. The molecule has 0 radical (unpaired) electrons. The number of rotatable bonds is 4. The summed E-state index contributed by atoms with van der Waals surface area (Å²) >= 11 is 1.26. The molecule has 4 aromatic rings. The first kappa shape index (κ1) is 21.2. The molecule has 7 nitrogen and oxygen atoms in total. The fourth-order valence-electron chi connectivity index (χ4n) is 3.21. The van der Waals surface area contributed by atoms with Gasteiger partial charge in [-0.1, -0.05) is 48.0 Å². The van der Waals surface area contributed by atoms with Crippen LogP contribution in [0.5, 0.6) is 0 Å². The van der Waals surface area contributed by atoms with Gasteiger partial charge in [-0.15, -0.1) is 11.3 Å². The Hall–Kier alpha value is -4.04. The first-order valence-corrected chi connectivity index (χ1v) is 10.7. The van der Waals surface area contributed by atoms with E-state index < -0.39 is 17.2 Å². The van der Waals surface area contributed by atoms with E-state index in [2.05, 4.69) is 16.0 Å². The zero-order valence-corrected chi connectivity index (χ0v) is 18.3. The van der Waals surface area contributed by atoms with Crippen LogP contribution in [0.4, 0.5) is 0 Å². The highest BCUT2D eigenvalue weighted by atomic mass is 32.1. The van der Waals surface area contributed by atoms with Crippen molar-refractivity contribution in [1.82, 2.24) is 20.6 Å². The molecule has 2 N–H and O–H groups in total. The van der Waals surface area contributed by atoms with Crippen LogP contribution in [0.3, 0.4) is 0 Å². The van der Waals surface area contributed by atoms with Gasteiger partial charge in [0.15, 0.2) is 5.69 Å². The summed E-state index contributed by atoms with van der Waals surface area (Å²) < 4.78 is 1.51. The highest BCUT2D eigenvalue weighted by molar-refractivity contribution is 7.12. The number of nitrogens with zero attached hydrogens (tertiary/aromatic N) is 2. The fourth-order valence-corrected chi connectivity index (χ4v) is 4.02. The predicted octanol–water partition coefficient (Wildman–Crippen LogP) is 3.65. The minimum absolute atomic E-state index is 0.315. The lowest BCUT2D eigenvalue weighted by Crippen LogP contribution is -2.44. The molecule has 2 heterocycles. The van der Waals surface area contributed by atoms with Crippen LogP contribution in [-0.2, 0) is 0 Å². The number of hydrogen-bond acceptors (Lipinski definition) is 5. The van der Waals surface area contributed by atoms with Crippen molar-refractivity contribution in [2.24, 2.45) is 0 Å². The maximum atomic E-state index is 12.7. The average Bonchev–Trinajstić information content (AvgIpc) is 3.28. The molecule has 2 aromatic carbocycles. The van der Waals surface area contributed by atoms with Gasteiger partial charge in [-0.25, -0.2) is 4.68 Å². The number of aromatic nitrogens is 2. The third-order valence-corrected chi connectivity index (χ3v) is 5.76. The van der Waals surface area contributed by atoms with Gasteiger partial charge in [0.05, 0.1) is 5.69 Å². The predicted molar refractivity (Wildman–Crippen MR) is 124 cm³/mol. The number of hydrogen-bond donors (Lipinski definition) is 2. The van der Waals surface area contributed by atoms with Crippen molar-refractivity contribution < 1.29 is 9.59 Å². The van der Waals surface area contributed by atoms with Crippen molar-refractivity contribution in [1.29, 1.82) is 0 Å². The molecule has 0 atom stereocenters. The third kappa shape index (κ3) is 4.35. The summed E-state index contributed by atoms with van der Waals surface area (Å²) in [5, 5.41) is 6.01. The molecule has 0 aliphatic heterocycles. The molecule has 0 saturated carbocycles. The largest absolute Gasteiger partial charge is 0.294 e. The second-order valence-corrected chi connectivity index (χ2v) is 8.10. The van der Waals surface area contributed by atoms with E-state index in [1.165, 1.54) is 22.1 Å². The van der Waals surface area contributed by atoms with Crippen molar-refractivity contribution in [2.75, 3.05) is 0 Å². The zero-order valence-electron chi connectivity index (χ0n) is 17.5. The molecule has 0 saturated heterocycles. The standard InChI is InChI=1S/C24H20N4O3S/c1-15-8-10-17(11-9-15)19-12-13-32-22(19)24(31)26-25-23(30)21-20(29)14-16(2)28(27-21)18-6-4-3-5-7-18/h3-14H,1-2H3,(H,25,30)(H,26,31). The van der Waals surface area contributed by atoms with Crippen LogP contribution >= 0.6 is 11.3 Å². The number of carbonyl (C=O) groups excluding carboxylic acids is 2. The normalized spacial score (nSPS) is 10.6. The quantitative estimate of drug-likeness (QED) is 0.470. The van der Waals surface area contributed by atoms with Gasteiger partial charge in [-0.05, 0) is 43.0 Å². The Morgan fingerprint density at radius 3 is 2.31 bits per heavy atom. The van der Waals surface area contributed by atoms with Gasteiger partial charge in [0.1, 0.15) is 4.88 Å². The molecule has 0 fully saturated rings. The van der Waals surface area contributed by atoms with E-state index in [-0.39, 0.29) is 5.69 Å². The van der Waals surface area contributed by atoms with E-state index in [9.17, 15) is 14.4 Å². The van der Waals surface area contributed by atoms with Crippen LogP contribution in [0.25, 0.3) is 16.8 Å².